The third-order valence-corrected chi connectivity index (χ3v) is 2.92. The van der Waals surface area contributed by atoms with Gasteiger partial charge in [-0.05, 0) is 31.2 Å². The van der Waals surface area contributed by atoms with Crippen LogP contribution in [0.3, 0.4) is 0 Å². The Balaban J connectivity index is 0.00000289. The number of rotatable bonds is 6. The summed E-state index contributed by atoms with van der Waals surface area (Å²) in [6.45, 7) is 5.31. The van der Waals surface area contributed by atoms with E-state index in [-0.39, 0.29) is 30.6 Å². The number of benzene rings is 1. The van der Waals surface area contributed by atoms with Crippen LogP contribution in [-0.4, -0.2) is 34.2 Å². The van der Waals surface area contributed by atoms with Crippen LogP contribution in [0, 0.1) is 0 Å². The van der Waals surface area contributed by atoms with E-state index in [1.54, 1.807) is 18.2 Å². The lowest BCUT2D eigenvalue weighted by Gasteiger charge is -2.27. The lowest BCUT2D eigenvalue weighted by Crippen LogP contribution is -2.29. The molecule has 0 aliphatic heterocycles. The second-order valence-electron chi connectivity index (χ2n) is 4.04. The molecule has 1 atom stereocenters. The number of hydrogen-bond donors (Lipinski definition) is 2. The first-order chi connectivity index (χ1) is 8.04. The molecule has 1 unspecified atom stereocenters. The van der Waals surface area contributed by atoms with Gasteiger partial charge in [0.2, 0.25) is 0 Å². The van der Waals surface area contributed by atoms with Crippen LogP contribution in [0.1, 0.15) is 31.9 Å². The summed E-state index contributed by atoms with van der Waals surface area (Å²) in [6.07, 6.45) is 0.136. The van der Waals surface area contributed by atoms with Crippen molar-refractivity contribution in [2.45, 2.75) is 26.3 Å². The number of phenolic OH excluding ortho intramolecular Hbond substituents is 1. The Hall–Kier alpha value is -1.26. The first kappa shape index (κ1) is 16.7. The van der Waals surface area contributed by atoms with E-state index in [4.69, 9.17) is 5.11 Å². The van der Waals surface area contributed by atoms with Crippen LogP contribution in [0.4, 0.5) is 0 Å². The Morgan fingerprint density at radius 2 is 2.11 bits per heavy atom. The maximum absolute atomic E-state index is 10.6. The van der Waals surface area contributed by atoms with Gasteiger partial charge in [0.15, 0.2) is 0 Å². The van der Waals surface area contributed by atoms with Gasteiger partial charge >= 0.3 is 5.97 Å². The average molecular weight is 274 g/mol. The molecule has 0 aliphatic rings. The molecule has 1 aromatic carbocycles. The van der Waals surface area contributed by atoms with Crippen molar-refractivity contribution in [3.63, 3.8) is 0 Å². The van der Waals surface area contributed by atoms with Gasteiger partial charge in [0, 0.05) is 12.6 Å². The summed E-state index contributed by atoms with van der Waals surface area (Å²) < 4.78 is 0. The Labute approximate surface area is 114 Å². The zero-order valence-corrected chi connectivity index (χ0v) is 11.5. The second kappa shape index (κ2) is 7.95. The lowest BCUT2D eigenvalue weighted by molar-refractivity contribution is -0.137. The standard InChI is InChI=1S/C13H19NO3.ClH/c1-3-14(8-7-13(16)17)10(2)11-5-4-6-12(15)9-11;/h4-6,9-10,15H,3,7-8H2,1-2H3,(H,16,17);1H. The zero-order valence-electron chi connectivity index (χ0n) is 10.7. The molecule has 0 bridgehead atoms. The molecule has 0 aliphatic carbocycles. The van der Waals surface area contributed by atoms with E-state index in [9.17, 15) is 9.90 Å². The normalized spacial score (nSPS) is 11.9. The summed E-state index contributed by atoms with van der Waals surface area (Å²) in [5.41, 5.74) is 0.997. The first-order valence-electron chi connectivity index (χ1n) is 5.79. The van der Waals surface area contributed by atoms with E-state index in [2.05, 4.69) is 4.90 Å². The number of aliphatic carboxylic acids is 1. The summed E-state index contributed by atoms with van der Waals surface area (Å²) in [7, 11) is 0. The highest BCUT2D eigenvalue weighted by molar-refractivity contribution is 5.85. The van der Waals surface area contributed by atoms with Gasteiger partial charge in [-0.25, -0.2) is 0 Å². The third kappa shape index (κ3) is 4.94. The Morgan fingerprint density at radius 1 is 1.44 bits per heavy atom. The van der Waals surface area contributed by atoms with Crippen LogP contribution < -0.4 is 0 Å². The molecule has 102 valence electrons. The molecular weight excluding hydrogens is 254 g/mol. The van der Waals surface area contributed by atoms with E-state index >= 15 is 0 Å². The van der Waals surface area contributed by atoms with Gasteiger partial charge in [-0.2, -0.15) is 0 Å². The van der Waals surface area contributed by atoms with Crippen molar-refractivity contribution in [1.29, 1.82) is 0 Å². The smallest absolute Gasteiger partial charge is 0.304 e. The van der Waals surface area contributed by atoms with Crippen molar-refractivity contribution >= 4 is 18.4 Å². The number of carbonyl (C=O) groups is 1. The molecule has 0 spiro atoms. The Kier molecular flexibility index (Phi) is 7.39. The van der Waals surface area contributed by atoms with Gasteiger partial charge in [-0.15, -0.1) is 12.4 Å². The van der Waals surface area contributed by atoms with Crippen LogP contribution in [0.15, 0.2) is 24.3 Å². The minimum Gasteiger partial charge on any atom is -0.508 e. The quantitative estimate of drug-likeness (QED) is 0.837. The monoisotopic (exact) mass is 273 g/mol. The van der Waals surface area contributed by atoms with Crippen molar-refractivity contribution in [3.8, 4) is 5.75 Å². The van der Waals surface area contributed by atoms with Crippen molar-refractivity contribution in [2.24, 2.45) is 0 Å². The molecule has 2 N–H and O–H groups in total. The highest BCUT2D eigenvalue weighted by atomic mass is 35.5. The molecule has 0 saturated carbocycles. The summed E-state index contributed by atoms with van der Waals surface area (Å²) in [6, 6.07) is 7.18. The molecule has 0 radical (unpaired) electrons. The zero-order chi connectivity index (χ0) is 12.8. The van der Waals surface area contributed by atoms with Crippen LogP contribution >= 0.6 is 12.4 Å². The third-order valence-electron chi connectivity index (χ3n) is 2.92. The molecule has 0 fully saturated rings. The number of carboxylic acids is 1. The topological polar surface area (TPSA) is 60.8 Å². The van der Waals surface area contributed by atoms with E-state index < -0.39 is 5.97 Å². The predicted octanol–water partition coefficient (Wildman–Crippen LogP) is 2.67. The summed E-state index contributed by atoms with van der Waals surface area (Å²) >= 11 is 0. The molecule has 0 heterocycles. The summed E-state index contributed by atoms with van der Waals surface area (Å²) in [4.78, 5) is 12.6. The van der Waals surface area contributed by atoms with Crippen molar-refractivity contribution in [1.82, 2.24) is 4.90 Å². The fourth-order valence-electron chi connectivity index (χ4n) is 1.86. The first-order valence-corrected chi connectivity index (χ1v) is 5.79. The Bertz CT molecular complexity index is 384. The molecule has 0 aromatic heterocycles. The van der Waals surface area contributed by atoms with Gasteiger partial charge in [-0.3, -0.25) is 9.69 Å². The number of nitrogens with zero attached hydrogens (tertiary/aromatic N) is 1. The molecule has 1 aromatic rings. The largest absolute Gasteiger partial charge is 0.508 e. The molecule has 0 amide bonds. The molecule has 4 nitrogen and oxygen atoms in total. The van der Waals surface area contributed by atoms with Crippen molar-refractivity contribution < 1.29 is 15.0 Å². The van der Waals surface area contributed by atoms with Crippen LogP contribution in [0.25, 0.3) is 0 Å². The minimum atomic E-state index is -0.786. The Morgan fingerprint density at radius 3 is 2.61 bits per heavy atom. The van der Waals surface area contributed by atoms with E-state index in [0.29, 0.717) is 6.54 Å². The maximum atomic E-state index is 10.6. The van der Waals surface area contributed by atoms with Gasteiger partial charge in [0.05, 0.1) is 6.42 Å². The van der Waals surface area contributed by atoms with Crippen LogP contribution in [0.5, 0.6) is 5.75 Å². The number of carboxylic acid groups (broad SMARTS) is 1. The highest BCUT2D eigenvalue weighted by Gasteiger charge is 2.15. The second-order valence-corrected chi connectivity index (χ2v) is 4.04. The molecule has 0 saturated heterocycles. The van der Waals surface area contributed by atoms with E-state index in [1.165, 1.54) is 0 Å². The fourth-order valence-corrected chi connectivity index (χ4v) is 1.86. The number of phenols is 1. The lowest BCUT2D eigenvalue weighted by atomic mass is 10.1. The molecule has 18 heavy (non-hydrogen) atoms. The summed E-state index contributed by atoms with van der Waals surface area (Å²) in [5.74, 6) is -0.546. The predicted molar refractivity (Wildman–Crippen MR) is 73.3 cm³/mol. The fraction of sp³-hybridized carbons (Fsp3) is 0.462. The SMILES string of the molecule is CCN(CCC(=O)O)C(C)c1cccc(O)c1.Cl. The van der Waals surface area contributed by atoms with Crippen LogP contribution in [-0.2, 0) is 4.79 Å². The van der Waals surface area contributed by atoms with Gasteiger partial charge in [-0.1, -0.05) is 19.1 Å². The highest BCUT2D eigenvalue weighted by Crippen LogP contribution is 2.23. The number of hydrogen-bond acceptors (Lipinski definition) is 3. The number of aromatic hydroxyl groups is 1. The van der Waals surface area contributed by atoms with Gasteiger partial charge in [0.1, 0.15) is 5.75 Å². The summed E-state index contributed by atoms with van der Waals surface area (Å²) in [5, 5.41) is 18.1. The van der Waals surface area contributed by atoms with E-state index in [1.807, 2.05) is 19.9 Å². The maximum Gasteiger partial charge on any atom is 0.304 e. The average Bonchev–Trinajstić information content (AvgIpc) is 2.29. The van der Waals surface area contributed by atoms with Crippen molar-refractivity contribution in [3.05, 3.63) is 29.8 Å². The van der Waals surface area contributed by atoms with Crippen molar-refractivity contribution in [2.75, 3.05) is 13.1 Å². The number of halogens is 1. The minimum absolute atomic E-state index is 0. The molecular formula is C13H20ClNO3. The van der Waals surface area contributed by atoms with Crippen LogP contribution in [0.2, 0.25) is 0 Å². The van der Waals surface area contributed by atoms with Gasteiger partial charge in [0.25, 0.3) is 0 Å². The van der Waals surface area contributed by atoms with E-state index in [0.717, 1.165) is 12.1 Å². The van der Waals surface area contributed by atoms with Gasteiger partial charge < -0.3 is 10.2 Å². The molecule has 1 rings (SSSR count). The molecule has 5 heteroatoms.